The fourth-order valence-electron chi connectivity index (χ4n) is 2.97. The predicted molar refractivity (Wildman–Crippen MR) is 123 cm³/mol. The highest BCUT2D eigenvalue weighted by molar-refractivity contribution is 7.12. The Hall–Kier alpha value is -2.48. The second-order valence-electron chi connectivity index (χ2n) is 6.41. The summed E-state index contributed by atoms with van der Waals surface area (Å²) in [5.74, 6) is 0.710. The lowest BCUT2D eigenvalue weighted by molar-refractivity contribution is 0.0951. The van der Waals surface area contributed by atoms with Gasteiger partial charge in [0.25, 0.3) is 5.91 Å². The predicted octanol–water partition coefficient (Wildman–Crippen LogP) is 4.23. The van der Waals surface area contributed by atoms with Crippen LogP contribution in [-0.2, 0) is 0 Å². The fourth-order valence-corrected chi connectivity index (χ4v) is 3.81. The summed E-state index contributed by atoms with van der Waals surface area (Å²) in [4.78, 5) is 15.2. The van der Waals surface area contributed by atoms with E-state index in [0.29, 0.717) is 18.0 Å². The number of hydrogen-bond acceptors (Lipinski definition) is 6. The van der Waals surface area contributed by atoms with Gasteiger partial charge in [0.15, 0.2) is 5.76 Å². The number of allylic oxidation sites excluding steroid dienone is 6. The Morgan fingerprint density at radius 3 is 2.87 bits per heavy atom. The molecule has 162 valence electrons. The van der Waals surface area contributed by atoms with E-state index < -0.39 is 0 Å². The van der Waals surface area contributed by atoms with E-state index in [1.54, 1.807) is 6.20 Å². The lowest BCUT2D eigenvalue weighted by atomic mass is 10.1. The first kappa shape index (κ1) is 23.8. The monoisotopic (exact) mass is 429 g/mol. The normalized spacial score (nSPS) is 13.2. The quantitative estimate of drug-likeness (QED) is 0.624. The maximum atomic E-state index is 12.4. The Morgan fingerprint density at radius 1 is 1.33 bits per heavy atom. The van der Waals surface area contributed by atoms with Crippen LogP contribution in [0.1, 0.15) is 48.2 Å². The van der Waals surface area contributed by atoms with E-state index in [-0.39, 0.29) is 12.5 Å². The molecular weight excluding hydrogens is 398 g/mol. The standard InChI is InChI=1S/C21H25N3O3S.C2H6/c1-2-24(12-13-25)11-10-22-21(26)20-14-18(15-28-20)16-4-3-5-17(7-6-16)19-8-9-23-27-19;1-2/h3-4,6-9,14-15,25H,2,5,10-13H2,1H3,(H,22,26);1-2H3. The van der Waals surface area contributed by atoms with Gasteiger partial charge >= 0.3 is 0 Å². The first-order valence-electron chi connectivity index (χ1n) is 10.4. The van der Waals surface area contributed by atoms with Crippen LogP contribution in [0.25, 0.3) is 11.1 Å². The highest BCUT2D eigenvalue weighted by Crippen LogP contribution is 2.28. The number of aliphatic hydroxyl groups is 1. The number of carbonyl (C=O) groups is 1. The van der Waals surface area contributed by atoms with Gasteiger partial charge in [0.2, 0.25) is 0 Å². The number of aliphatic hydroxyl groups excluding tert-OH is 1. The van der Waals surface area contributed by atoms with Crippen molar-refractivity contribution >= 4 is 28.4 Å². The van der Waals surface area contributed by atoms with Gasteiger partial charge in [-0.05, 0) is 35.5 Å². The molecule has 0 saturated carbocycles. The smallest absolute Gasteiger partial charge is 0.261 e. The Kier molecular flexibility index (Phi) is 10.3. The van der Waals surface area contributed by atoms with Gasteiger partial charge in [-0.2, -0.15) is 0 Å². The summed E-state index contributed by atoms with van der Waals surface area (Å²) in [7, 11) is 0. The number of thiophene rings is 1. The molecule has 3 rings (SSSR count). The largest absolute Gasteiger partial charge is 0.395 e. The lowest BCUT2D eigenvalue weighted by Gasteiger charge is -2.18. The zero-order chi connectivity index (χ0) is 21.8. The molecule has 30 heavy (non-hydrogen) atoms. The minimum absolute atomic E-state index is 0.0626. The van der Waals surface area contributed by atoms with Crippen molar-refractivity contribution in [2.75, 3.05) is 32.8 Å². The molecule has 0 radical (unpaired) electrons. The van der Waals surface area contributed by atoms with Crippen molar-refractivity contribution in [3.63, 3.8) is 0 Å². The van der Waals surface area contributed by atoms with Crippen LogP contribution in [0.15, 0.2) is 52.5 Å². The first-order valence-corrected chi connectivity index (χ1v) is 11.3. The molecule has 1 aliphatic carbocycles. The Balaban J connectivity index is 0.00000155. The Morgan fingerprint density at radius 2 is 2.17 bits per heavy atom. The minimum atomic E-state index is -0.0626. The first-order chi connectivity index (χ1) is 14.7. The third-order valence-electron chi connectivity index (χ3n) is 4.59. The van der Waals surface area contributed by atoms with Crippen LogP contribution in [0.4, 0.5) is 0 Å². The molecule has 2 N–H and O–H groups in total. The van der Waals surface area contributed by atoms with Crippen LogP contribution in [0, 0.1) is 0 Å². The van der Waals surface area contributed by atoms with E-state index in [0.717, 1.165) is 42.0 Å². The lowest BCUT2D eigenvalue weighted by Crippen LogP contribution is -2.36. The molecule has 1 aliphatic rings. The summed E-state index contributed by atoms with van der Waals surface area (Å²) in [6.07, 6.45) is 10.6. The summed E-state index contributed by atoms with van der Waals surface area (Å²) in [6, 6.07) is 3.78. The zero-order valence-corrected chi connectivity index (χ0v) is 18.7. The summed E-state index contributed by atoms with van der Waals surface area (Å²) < 4.78 is 5.23. The molecule has 0 atom stereocenters. The number of amides is 1. The van der Waals surface area contributed by atoms with Gasteiger partial charge in [-0.15, -0.1) is 11.3 Å². The van der Waals surface area contributed by atoms with Crippen LogP contribution in [0.5, 0.6) is 0 Å². The van der Waals surface area contributed by atoms with Crippen molar-refractivity contribution in [1.29, 1.82) is 0 Å². The van der Waals surface area contributed by atoms with E-state index in [1.807, 2.05) is 50.4 Å². The van der Waals surface area contributed by atoms with Gasteiger partial charge in [0.1, 0.15) is 0 Å². The highest BCUT2D eigenvalue weighted by atomic mass is 32.1. The van der Waals surface area contributed by atoms with Crippen molar-refractivity contribution < 1.29 is 14.4 Å². The Bertz CT molecular complexity index is 866. The molecule has 6 nitrogen and oxygen atoms in total. The van der Waals surface area contributed by atoms with Crippen molar-refractivity contribution in [3.8, 4) is 0 Å². The number of rotatable bonds is 9. The number of aromatic nitrogens is 1. The average Bonchev–Trinajstić information content (AvgIpc) is 3.43. The van der Waals surface area contributed by atoms with Crippen LogP contribution in [0.3, 0.4) is 0 Å². The van der Waals surface area contributed by atoms with Gasteiger partial charge in [0.05, 0.1) is 17.7 Å². The molecule has 2 aromatic heterocycles. The molecular formula is C23H31N3O3S. The van der Waals surface area contributed by atoms with Crippen molar-refractivity contribution in [1.82, 2.24) is 15.4 Å². The van der Waals surface area contributed by atoms with Crippen molar-refractivity contribution in [2.24, 2.45) is 0 Å². The van der Waals surface area contributed by atoms with Gasteiger partial charge < -0.3 is 14.9 Å². The number of nitrogens with one attached hydrogen (secondary N) is 1. The van der Waals surface area contributed by atoms with Gasteiger partial charge in [-0.25, -0.2) is 0 Å². The zero-order valence-electron chi connectivity index (χ0n) is 17.9. The second-order valence-corrected chi connectivity index (χ2v) is 7.32. The van der Waals surface area contributed by atoms with Gasteiger partial charge in [-0.1, -0.05) is 50.2 Å². The van der Waals surface area contributed by atoms with E-state index in [2.05, 4.69) is 27.5 Å². The second kappa shape index (κ2) is 13.0. The molecule has 0 spiro atoms. The average molecular weight is 430 g/mol. The van der Waals surface area contributed by atoms with E-state index in [4.69, 9.17) is 9.63 Å². The molecule has 0 saturated heterocycles. The third-order valence-corrected chi connectivity index (χ3v) is 5.52. The maximum Gasteiger partial charge on any atom is 0.261 e. The van der Waals surface area contributed by atoms with E-state index >= 15 is 0 Å². The van der Waals surface area contributed by atoms with E-state index in [9.17, 15) is 4.79 Å². The molecule has 2 heterocycles. The fraction of sp³-hybridized carbons (Fsp3) is 0.391. The Labute approximate surface area is 182 Å². The van der Waals surface area contributed by atoms with Crippen LogP contribution >= 0.6 is 11.3 Å². The van der Waals surface area contributed by atoms with Crippen LogP contribution < -0.4 is 5.32 Å². The summed E-state index contributed by atoms with van der Waals surface area (Å²) in [6.45, 7) is 8.93. The molecule has 0 bridgehead atoms. The van der Waals surface area contributed by atoms with E-state index in [1.165, 1.54) is 11.3 Å². The molecule has 0 aromatic carbocycles. The molecule has 2 aromatic rings. The van der Waals surface area contributed by atoms with Crippen LogP contribution in [0.2, 0.25) is 0 Å². The topological polar surface area (TPSA) is 78.6 Å². The molecule has 7 heteroatoms. The summed E-state index contributed by atoms with van der Waals surface area (Å²) >= 11 is 1.44. The van der Waals surface area contributed by atoms with Gasteiger partial charge in [0, 0.05) is 31.3 Å². The third kappa shape index (κ3) is 6.79. The molecule has 0 fully saturated rings. The highest BCUT2D eigenvalue weighted by Gasteiger charge is 2.12. The number of nitrogens with zero attached hydrogens (tertiary/aromatic N) is 2. The number of hydrogen-bond donors (Lipinski definition) is 2. The SMILES string of the molecule is CC.CCN(CCO)CCNC(=O)c1cc(C2=CC=C(c3ccno3)CC=C2)cs1. The van der Waals surface area contributed by atoms with Gasteiger partial charge in [-0.3, -0.25) is 9.69 Å². The molecule has 0 unspecified atom stereocenters. The summed E-state index contributed by atoms with van der Waals surface area (Å²) in [5.41, 5.74) is 3.15. The van der Waals surface area contributed by atoms with Crippen LogP contribution in [-0.4, -0.2) is 53.9 Å². The number of likely N-dealkylation sites (N-methyl/N-ethyl adjacent to an activating group) is 1. The minimum Gasteiger partial charge on any atom is -0.395 e. The summed E-state index contributed by atoms with van der Waals surface area (Å²) in [5, 5.41) is 17.7. The number of carbonyl (C=O) groups excluding carboxylic acids is 1. The molecule has 1 amide bonds. The maximum absolute atomic E-state index is 12.4. The molecule has 0 aliphatic heterocycles. The van der Waals surface area contributed by atoms with Crippen molar-refractivity contribution in [2.45, 2.75) is 27.2 Å². The van der Waals surface area contributed by atoms with Crippen molar-refractivity contribution in [3.05, 3.63) is 64.2 Å².